The van der Waals surface area contributed by atoms with Gasteiger partial charge < -0.3 is 33.8 Å². The van der Waals surface area contributed by atoms with Gasteiger partial charge in [0.25, 0.3) is 11.8 Å². The predicted octanol–water partition coefficient (Wildman–Crippen LogP) is 2.89. The molecule has 2 bridgehead atoms. The number of fused-ring (bicyclic) bond motifs is 5. The van der Waals surface area contributed by atoms with E-state index in [0.717, 1.165) is 6.07 Å². The first kappa shape index (κ1) is 30.0. The third-order valence-corrected chi connectivity index (χ3v) is 8.08. The molecule has 0 saturated carbocycles. The quantitative estimate of drug-likeness (QED) is 0.377. The number of esters is 1. The molecule has 2 amide bonds. The van der Waals surface area contributed by atoms with E-state index in [1.165, 1.54) is 23.9 Å². The van der Waals surface area contributed by atoms with Gasteiger partial charge in [-0.3, -0.25) is 19.2 Å². The van der Waals surface area contributed by atoms with Crippen molar-refractivity contribution in [2.75, 3.05) is 20.4 Å². The zero-order valence-corrected chi connectivity index (χ0v) is 24.1. The number of halogens is 2. The number of oxime groups is 1. The van der Waals surface area contributed by atoms with E-state index in [2.05, 4.69) is 10.5 Å². The molecule has 1 aromatic carbocycles. The first-order valence-corrected chi connectivity index (χ1v) is 13.9. The standard InChI is InChI=1S/C29H32F2N4O8/c1-15(2)28(39)42-14-41-25-23-27(38)34-13-21(29(8-7-16(34)3)10-22(40-4)33-43-29)35(23)12-19(24(25)36)26(37)32-11-17-5-6-18(30)9-20(17)31/h5-6,9,12,15-16,21H,7-8,10-11,13-14H2,1-4H3,(H,32,37)/t16-,21+,29-/m0/s1. The maximum Gasteiger partial charge on any atom is 0.311 e. The predicted molar refractivity (Wildman–Crippen MR) is 146 cm³/mol. The van der Waals surface area contributed by atoms with Gasteiger partial charge in [0.05, 0.1) is 25.5 Å². The van der Waals surface area contributed by atoms with E-state index in [1.807, 2.05) is 6.92 Å². The highest BCUT2D eigenvalue weighted by atomic mass is 19.1. The van der Waals surface area contributed by atoms with E-state index < -0.39 is 70.5 Å². The Balaban J connectivity index is 1.58. The number of aromatic nitrogens is 1. The van der Waals surface area contributed by atoms with Crippen LogP contribution in [0, 0.1) is 17.6 Å². The number of rotatable bonds is 7. The van der Waals surface area contributed by atoms with Crippen LogP contribution in [0.2, 0.25) is 0 Å². The SMILES string of the molecule is COC1=NO[C@@]2(CC[C@H](C)N3C[C@H]2n2cc(C(=O)NCc4ccc(F)cc4F)c(=O)c(OCOC(=O)C(C)C)c2C3=O)C1. The minimum Gasteiger partial charge on any atom is -0.482 e. The van der Waals surface area contributed by atoms with Crippen LogP contribution in [0.5, 0.6) is 5.75 Å². The van der Waals surface area contributed by atoms with Crippen molar-refractivity contribution in [3.05, 3.63) is 63.1 Å². The number of hydrogen-bond donors (Lipinski definition) is 1. The summed E-state index contributed by atoms with van der Waals surface area (Å²) in [5.74, 6) is -4.23. The van der Waals surface area contributed by atoms with Gasteiger partial charge >= 0.3 is 5.97 Å². The number of ether oxygens (including phenoxy) is 3. The molecule has 0 aliphatic carbocycles. The summed E-state index contributed by atoms with van der Waals surface area (Å²) >= 11 is 0. The van der Waals surface area contributed by atoms with E-state index in [9.17, 15) is 28.0 Å². The second-order valence-corrected chi connectivity index (χ2v) is 11.1. The number of nitrogens with zero attached hydrogens (tertiary/aromatic N) is 3. The molecule has 1 aromatic heterocycles. The molecular formula is C29H32F2N4O8. The number of carbonyl (C=O) groups is 3. The number of amides is 2. The molecule has 0 unspecified atom stereocenters. The molecule has 5 rings (SSSR count). The Morgan fingerprint density at radius 2 is 2.02 bits per heavy atom. The van der Waals surface area contributed by atoms with Crippen molar-refractivity contribution >= 4 is 23.7 Å². The minimum absolute atomic E-state index is 0.00369. The molecule has 43 heavy (non-hydrogen) atoms. The fourth-order valence-electron chi connectivity index (χ4n) is 5.56. The van der Waals surface area contributed by atoms with Crippen molar-refractivity contribution in [1.29, 1.82) is 0 Å². The number of benzene rings is 1. The third kappa shape index (κ3) is 5.53. The Morgan fingerprint density at radius 1 is 1.26 bits per heavy atom. The van der Waals surface area contributed by atoms with Crippen LogP contribution in [0.1, 0.15) is 72.5 Å². The van der Waals surface area contributed by atoms with Gasteiger partial charge in [0.1, 0.15) is 17.2 Å². The summed E-state index contributed by atoms with van der Waals surface area (Å²) in [5, 5.41) is 6.56. The highest BCUT2D eigenvalue weighted by Crippen LogP contribution is 2.46. The van der Waals surface area contributed by atoms with Gasteiger partial charge in [0.15, 0.2) is 11.3 Å². The van der Waals surface area contributed by atoms with Crippen LogP contribution < -0.4 is 15.5 Å². The van der Waals surface area contributed by atoms with Crippen LogP contribution in [0.15, 0.2) is 34.3 Å². The summed E-state index contributed by atoms with van der Waals surface area (Å²) in [6.07, 6.45) is 2.58. The van der Waals surface area contributed by atoms with Gasteiger partial charge in [0.2, 0.25) is 23.9 Å². The van der Waals surface area contributed by atoms with Crippen LogP contribution in [0.3, 0.4) is 0 Å². The lowest BCUT2D eigenvalue weighted by atomic mass is 9.85. The van der Waals surface area contributed by atoms with Crippen LogP contribution in [0.4, 0.5) is 8.78 Å². The maximum atomic E-state index is 14.2. The average Bonchev–Trinajstić information content (AvgIpc) is 3.35. The molecule has 1 saturated heterocycles. The summed E-state index contributed by atoms with van der Waals surface area (Å²) in [7, 11) is 1.47. The van der Waals surface area contributed by atoms with Crippen molar-refractivity contribution in [1.82, 2.24) is 14.8 Å². The molecule has 1 spiro atoms. The minimum atomic E-state index is -0.967. The average molecular weight is 603 g/mol. The fraction of sp³-hybridized carbons (Fsp3) is 0.483. The first-order chi connectivity index (χ1) is 20.5. The molecule has 1 N–H and O–H groups in total. The summed E-state index contributed by atoms with van der Waals surface area (Å²) in [5.41, 5.74) is -2.44. The van der Waals surface area contributed by atoms with E-state index in [1.54, 1.807) is 18.7 Å². The van der Waals surface area contributed by atoms with Crippen LogP contribution >= 0.6 is 0 Å². The molecule has 3 aliphatic heterocycles. The zero-order chi connectivity index (χ0) is 31.1. The Kier molecular flexibility index (Phi) is 8.12. The van der Waals surface area contributed by atoms with E-state index in [4.69, 9.17) is 19.0 Å². The number of carbonyl (C=O) groups excluding carboxylic acids is 3. The van der Waals surface area contributed by atoms with Crippen molar-refractivity contribution in [2.45, 2.75) is 64.3 Å². The molecule has 14 heteroatoms. The largest absolute Gasteiger partial charge is 0.482 e. The van der Waals surface area contributed by atoms with Crippen molar-refractivity contribution < 1.29 is 42.2 Å². The lowest BCUT2D eigenvalue weighted by Crippen LogP contribution is -2.52. The summed E-state index contributed by atoms with van der Waals surface area (Å²) in [6.45, 7) is 4.28. The van der Waals surface area contributed by atoms with Crippen molar-refractivity contribution in [3.63, 3.8) is 0 Å². The lowest BCUT2D eigenvalue weighted by molar-refractivity contribution is -0.154. The van der Waals surface area contributed by atoms with Gasteiger partial charge in [-0.1, -0.05) is 25.1 Å². The molecule has 230 valence electrons. The van der Waals surface area contributed by atoms with E-state index >= 15 is 0 Å². The van der Waals surface area contributed by atoms with Gasteiger partial charge in [-0.05, 0) is 25.8 Å². The maximum absolute atomic E-state index is 14.2. The molecule has 3 aliphatic rings. The number of methoxy groups -OCH3 is 1. The van der Waals surface area contributed by atoms with E-state index in [0.29, 0.717) is 24.8 Å². The molecule has 0 radical (unpaired) electrons. The molecule has 2 aromatic rings. The Hall–Kier alpha value is -4.49. The Morgan fingerprint density at radius 3 is 2.70 bits per heavy atom. The fourth-order valence-corrected chi connectivity index (χ4v) is 5.56. The topological polar surface area (TPSA) is 138 Å². The van der Waals surface area contributed by atoms with Gasteiger partial charge in [-0.25, -0.2) is 8.78 Å². The number of pyridine rings is 1. The Labute approximate surface area is 245 Å². The first-order valence-electron chi connectivity index (χ1n) is 13.9. The number of nitrogens with one attached hydrogen (secondary N) is 1. The summed E-state index contributed by atoms with van der Waals surface area (Å²) in [6, 6.07) is 2.06. The number of hydrogen-bond acceptors (Lipinski definition) is 9. The van der Waals surface area contributed by atoms with Gasteiger partial charge in [0, 0.05) is 37.0 Å². The normalized spacial score (nSPS) is 22.4. The van der Waals surface area contributed by atoms with Crippen LogP contribution in [-0.2, 0) is 25.7 Å². The highest BCUT2D eigenvalue weighted by Gasteiger charge is 2.55. The van der Waals surface area contributed by atoms with Crippen molar-refractivity contribution in [3.8, 4) is 5.75 Å². The van der Waals surface area contributed by atoms with E-state index in [-0.39, 0.29) is 36.8 Å². The summed E-state index contributed by atoms with van der Waals surface area (Å²) < 4.78 is 45.2. The zero-order valence-electron chi connectivity index (χ0n) is 24.1. The molecule has 3 atom stereocenters. The highest BCUT2D eigenvalue weighted by molar-refractivity contribution is 5.99. The summed E-state index contributed by atoms with van der Waals surface area (Å²) in [4.78, 5) is 60.7. The van der Waals surface area contributed by atoms with Crippen LogP contribution in [-0.4, -0.2) is 65.2 Å². The van der Waals surface area contributed by atoms with Gasteiger partial charge in [-0.2, -0.15) is 0 Å². The molecule has 1 fully saturated rings. The lowest BCUT2D eigenvalue weighted by Gasteiger charge is -2.42. The molecular weight excluding hydrogens is 570 g/mol. The molecule has 4 heterocycles. The van der Waals surface area contributed by atoms with Crippen molar-refractivity contribution in [2.24, 2.45) is 11.1 Å². The Bertz CT molecular complexity index is 1560. The molecule has 12 nitrogen and oxygen atoms in total. The third-order valence-electron chi connectivity index (χ3n) is 8.08. The second kappa shape index (κ2) is 11.7. The van der Waals surface area contributed by atoms with Gasteiger partial charge in [-0.15, -0.1) is 0 Å². The second-order valence-electron chi connectivity index (χ2n) is 11.1. The van der Waals surface area contributed by atoms with Crippen LogP contribution in [0.25, 0.3) is 0 Å². The monoisotopic (exact) mass is 602 g/mol. The smallest absolute Gasteiger partial charge is 0.311 e.